The van der Waals surface area contributed by atoms with Crippen molar-refractivity contribution in [1.82, 2.24) is 0 Å². The van der Waals surface area contributed by atoms with Crippen molar-refractivity contribution < 1.29 is 13.2 Å². The fourth-order valence-corrected chi connectivity index (χ4v) is 4.24. The third kappa shape index (κ3) is 3.36. The molecule has 27 heavy (non-hydrogen) atoms. The van der Waals surface area contributed by atoms with Gasteiger partial charge in [-0.25, -0.2) is 13.2 Å². The third-order valence-corrected chi connectivity index (χ3v) is 5.81. The van der Waals surface area contributed by atoms with Gasteiger partial charge in [-0.3, -0.25) is 0 Å². The number of hydrogen-bond acceptors (Lipinski definition) is 0. The van der Waals surface area contributed by atoms with Gasteiger partial charge >= 0.3 is 0 Å². The molecule has 0 N–H and O–H groups in total. The van der Waals surface area contributed by atoms with Gasteiger partial charge in [-0.05, 0) is 71.7 Å². The average molecular weight is 368 g/mol. The maximum Gasteiger partial charge on any atom is 0.162 e. The highest BCUT2D eigenvalue weighted by molar-refractivity contribution is 5.84. The second-order valence-electron chi connectivity index (χ2n) is 7.57. The Morgan fingerprint density at radius 2 is 1.81 bits per heavy atom. The Bertz CT molecular complexity index is 991. The molecule has 1 atom stereocenters. The zero-order chi connectivity index (χ0) is 19.0. The van der Waals surface area contributed by atoms with E-state index in [4.69, 9.17) is 0 Å². The number of halogens is 3. The van der Waals surface area contributed by atoms with Crippen LogP contribution in [-0.2, 0) is 19.3 Å². The molecular weight excluding hydrogens is 345 g/mol. The first-order chi connectivity index (χ1) is 13.1. The molecule has 0 saturated heterocycles. The van der Waals surface area contributed by atoms with Crippen LogP contribution in [0.4, 0.5) is 13.2 Å². The summed E-state index contributed by atoms with van der Waals surface area (Å²) in [6, 6.07) is 12.5. The van der Waals surface area contributed by atoms with E-state index < -0.39 is 11.6 Å². The molecule has 0 aliphatic heterocycles. The van der Waals surface area contributed by atoms with E-state index >= 15 is 4.39 Å². The molecule has 0 aromatic heterocycles. The van der Waals surface area contributed by atoms with Crippen molar-refractivity contribution in [2.75, 3.05) is 0 Å². The molecule has 0 nitrogen and oxygen atoms in total. The Hall–Kier alpha value is -2.29. The second-order valence-corrected chi connectivity index (χ2v) is 7.57. The maximum absolute atomic E-state index is 15.2. The van der Waals surface area contributed by atoms with Crippen LogP contribution in [-0.4, -0.2) is 0 Å². The lowest BCUT2D eigenvalue weighted by molar-refractivity contribution is 0.471. The molecule has 0 fully saturated rings. The van der Waals surface area contributed by atoms with Crippen molar-refractivity contribution in [3.63, 3.8) is 0 Å². The molecule has 3 aromatic carbocycles. The fourth-order valence-electron chi connectivity index (χ4n) is 4.24. The SMILES string of the molecule is CCCCc1ccc2c(F)c(C3CCc4ccc(F)c(F)c4C3)ccc2c1. The smallest absolute Gasteiger partial charge is 0.162 e. The summed E-state index contributed by atoms with van der Waals surface area (Å²) in [4.78, 5) is 0. The van der Waals surface area contributed by atoms with Gasteiger partial charge in [-0.1, -0.05) is 49.7 Å². The summed E-state index contributed by atoms with van der Waals surface area (Å²) in [6.45, 7) is 2.16. The highest BCUT2D eigenvalue weighted by atomic mass is 19.2. The van der Waals surface area contributed by atoms with Crippen molar-refractivity contribution in [3.05, 3.63) is 82.2 Å². The molecule has 0 saturated carbocycles. The molecular formula is C24H23F3. The Morgan fingerprint density at radius 3 is 2.63 bits per heavy atom. The average Bonchev–Trinajstić information content (AvgIpc) is 2.69. The van der Waals surface area contributed by atoms with Gasteiger partial charge < -0.3 is 0 Å². The lowest BCUT2D eigenvalue weighted by Gasteiger charge is -2.26. The van der Waals surface area contributed by atoms with E-state index in [0.717, 1.165) is 36.6 Å². The number of benzene rings is 3. The quantitative estimate of drug-likeness (QED) is 0.471. The van der Waals surface area contributed by atoms with E-state index in [1.807, 2.05) is 24.3 Å². The number of unbranched alkanes of at least 4 members (excludes halogenated alkanes) is 1. The van der Waals surface area contributed by atoms with Gasteiger partial charge in [0.25, 0.3) is 0 Å². The first-order valence-corrected chi connectivity index (χ1v) is 9.75. The summed E-state index contributed by atoms with van der Waals surface area (Å²) >= 11 is 0. The molecule has 0 heterocycles. The van der Waals surface area contributed by atoms with E-state index in [1.54, 1.807) is 6.07 Å². The predicted molar refractivity (Wildman–Crippen MR) is 104 cm³/mol. The van der Waals surface area contributed by atoms with E-state index in [0.29, 0.717) is 29.4 Å². The van der Waals surface area contributed by atoms with Gasteiger partial charge in [0.2, 0.25) is 0 Å². The second kappa shape index (κ2) is 7.38. The van der Waals surface area contributed by atoms with E-state index in [2.05, 4.69) is 13.0 Å². The normalized spacial score (nSPS) is 16.5. The highest BCUT2D eigenvalue weighted by Crippen LogP contribution is 2.37. The summed E-state index contributed by atoms with van der Waals surface area (Å²) < 4.78 is 43.0. The lowest BCUT2D eigenvalue weighted by Crippen LogP contribution is -2.16. The molecule has 3 aromatic rings. The van der Waals surface area contributed by atoms with Crippen molar-refractivity contribution >= 4 is 10.8 Å². The van der Waals surface area contributed by atoms with Crippen LogP contribution in [0.25, 0.3) is 10.8 Å². The van der Waals surface area contributed by atoms with Gasteiger partial charge in [0, 0.05) is 5.39 Å². The first-order valence-electron chi connectivity index (χ1n) is 9.75. The number of rotatable bonds is 4. The van der Waals surface area contributed by atoms with Crippen LogP contribution in [0.3, 0.4) is 0 Å². The minimum absolute atomic E-state index is 0.127. The zero-order valence-corrected chi connectivity index (χ0v) is 15.5. The van der Waals surface area contributed by atoms with Crippen LogP contribution in [0.1, 0.15) is 54.4 Å². The predicted octanol–water partition coefficient (Wildman–Crippen LogP) is 6.87. The number of aryl methyl sites for hydroxylation is 2. The standard InChI is InChI=1S/C24H23F3/c1-2-3-4-15-5-10-19-17(13-15)8-11-20(23(19)26)18-7-6-16-9-12-22(25)24(27)21(16)14-18/h5,8-13,18H,2-4,6-7,14H2,1H3. The van der Waals surface area contributed by atoms with Gasteiger partial charge in [0.1, 0.15) is 5.82 Å². The van der Waals surface area contributed by atoms with E-state index in [9.17, 15) is 8.78 Å². The summed E-state index contributed by atoms with van der Waals surface area (Å²) in [5.41, 5.74) is 3.08. The van der Waals surface area contributed by atoms with Gasteiger partial charge in [0.15, 0.2) is 11.6 Å². The largest absolute Gasteiger partial charge is 0.206 e. The Labute approximate surface area is 158 Å². The summed E-state index contributed by atoms with van der Waals surface area (Å²) in [5, 5.41) is 1.51. The minimum Gasteiger partial charge on any atom is -0.206 e. The van der Waals surface area contributed by atoms with Crippen molar-refractivity contribution in [3.8, 4) is 0 Å². The van der Waals surface area contributed by atoms with Crippen LogP contribution in [0.2, 0.25) is 0 Å². The lowest BCUT2D eigenvalue weighted by atomic mass is 9.79. The van der Waals surface area contributed by atoms with Crippen molar-refractivity contribution in [1.29, 1.82) is 0 Å². The van der Waals surface area contributed by atoms with Crippen LogP contribution in [0, 0.1) is 17.5 Å². The highest BCUT2D eigenvalue weighted by Gasteiger charge is 2.26. The van der Waals surface area contributed by atoms with Gasteiger partial charge in [-0.2, -0.15) is 0 Å². The Kier molecular flexibility index (Phi) is 4.94. The Balaban J connectivity index is 1.68. The molecule has 0 bridgehead atoms. The summed E-state index contributed by atoms with van der Waals surface area (Å²) in [6.07, 6.45) is 4.98. The first kappa shape index (κ1) is 18.1. The van der Waals surface area contributed by atoms with Crippen molar-refractivity contribution in [2.24, 2.45) is 0 Å². The number of hydrogen-bond donors (Lipinski definition) is 0. The van der Waals surface area contributed by atoms with Gasteiger partial charge in [0.05, 0.1) is 0 Å². The van der Waals surface area contributed by atoms with Crippen LogP contribution < -0.4 is 0 Å². The topological polar surface area (TPSA) is 0 Å². The molecule has 3 heteroatoms. The molecule has 1 aliphatic rings. The monoisotopic (exact) mass is 368 g/mol. The molecule has 0 amide bonds. The minimum atomic E-state index is -0.826. The Morgan fingerprint density at radius 1 is 0.963 bits per heavy atom. The van der Waals surface area contributed by atoms with Crippen LogP contribution in [0.15, 0.2) is 42.5 Å². The molecule has 0 radical (unpaired) electrons. The summed E-state index contributed by atoms with van der Waals surface area (Å²) in [5.74, 6) is -1.95. The third-order valence-electron chi connectivity index (χ3n) is 5.81. The van der Waals surface area contributed by atoms with Crippen LogP contribution in [0.5, 0.6) is 0 Å². The fraction of sp³-hybridized carbons (Fsp3) is 0.333. The van der Waals surface area contributed by atoms with Crippen molar-refractivity contribution in [2.45, 2.75) is 51.4 Å². The number of fused-ring (bicyclic) bond motifs is 2. The van der Waals surface area contributed by atoms with E-state index in [1.165, 1.54) is 11.6 Å². The molecule has 0 spiro atoms. The molecule has 1 aliphatic carbocycles. The van der Waals surface area contributed by atoms with E-state index in [-0.39, 0.29) is 11.7 Å². The van der Waals surface area contributed by atoms with Gasteiger partial charge in [-0.15, -0.1) is 0 Å². The maximum atomic E-state index is 15.2. The molecule has 4 rings (SSSR count). The van der Waals surface area contributed by atoms with Crippen LogP contribution >= 0.6 is 0 Å². The summed E-state index contributed by atoms with van der Waals surface area (Å²) in [7, 11) is 0. The molecule has 140 valence electrons. The zero-order valence-electron chi connectivity index (χ0n) is 15.5. The molecule has 1 unspecified atom stereocenters.